The molecule has 4 aromatic rings. The largest absolute Gasteiger partial charge is 0.403 e. The maximum atomic E-state index is 13.0. The van der Waals surface area contributed by atoms with Gasteiger partial charge in [-0.05, 0) is 61.4 Å². The molecule has 0 spiro atoms. The first kappa shape index (κ1) is 22.4. The number of hydrogen-bond acceptors (Lipinski definition) is 3. The first-order valence-electron chi connectivity index (χ1n) is 9.92. The summed E-state index contributed by atoms with van der Waals surface area (Å²) in [5, 5.41) is 6.18. The summed E-state index contributed by atoms with van der Waals surface area (Å²) < 4.78 is 7.63. The molecule has 1 aromatic heterocycles. The average Bonchev–Trinajstić information content (AvgIpc) is 3.11. The van der Waals surface area contributed by atoms with Crippen LogP contribution in [0.25, 0.3) is 11.1 Å². The van der Waals surface area contributed by atoms with Crippen molar-refractivity contribution in [2.75, 3.05) is 0 Å². The minimum atomic E-state index is -0.499. The van der Waals surface area contributed by atoms with Crippen LogP contribution in [0.15, 0.2) is 72.8 Å². The molecule has 0 saturated carbocycles. The molecule has 3 aromatic carbocycles. The van der Waals surface area contributed by atoms with E-state index in [1.54, 1.807) is 41.1 Å². The molecule has 162 valence electrons. The molecule has 0 radical (unpaired) electrons. The third-order valence-corrected chi connectivity index (χ3v) is 6.16. The maximum Gasteiger partial charge on any atom is 0.344 e. The summed E-state index contributed by atoms with van der Waals surface area (Å²) in [5.41, 5.74) is 3.66. The number of rotatable bonds is 5. The highest BCUT2D eigenvalue weighted by atomic mass is 35.5. The van der Waals surface area contributed by atoms with Crippen LogP contribution in [-0.2, 0) is 0 Å². The Bertz CT molecular complexity index is 1270. The van der Waals surface area contributed by atoms with E-state index >= 15 is 0 Å². The molecule has 1 heterocycles. The quantitative estimate of drug-likeness (QED) is 0.273. The van der Waals surface area contributed by atoms with Gasteiger partial charge in [-0.3, -0.25) is 0 Å². The van der Waals surface area contributed by atoms with Crippen molar-refractivity contribution in [1.29, 1.82) is 0 Å². The second-order valence-corrected chi connectivity index (χ2v) is 8.57. The summed E-state index contributed by atoms with van der Waals surface area (Å²) in [5.74, 6) is -0.145. The Morgan fingerprint density at radius 1 is 0.938 bits per heavy atom. The summed E-state index contributed by atoms with van der Waals surface area (Å²) in [6.45, 7) is 3.85. The van der Waals surface area contributed by atoms with E-state index in [9.17, 15) is 4.79 Å². The minimum absolute atomic E-state index is 0.269. The Morgan fingerprint density at radius 2 is 1.62 bits per heavy atom. The van der Waals surface area contributed by atoms with Crippen molar-refractivity contribution >= 4 is 40.8 Å². The van der Waals surface area contributed by atoms with Crippen molar-refractivity contribution in [3.8, 4) is 17.0 Å². The first-order chi connectivity index (χ1) is 15.3. The van der Waals surface area contributed by atoms with Crippen LogP contribution in [0.2, 0.25) is 15.1 Å². The Hall–Kier alpha value is -2.79. The van der Waals surface area contributed by atoms with Gasteiger partial charge in [0.15, 0.2) is 0 Å². The summed E-state index contributed by atoms with van der Waals surface area (Å²) >= 11 is 18.3. The molecule has 32 heavy (non-hydrogen) atoms. The van der Waals surface area contributed by atoms with Gasteiger partial charge >= 0.3 is 5.97 Å². The van der Waals surface area contributed by atoms with Crippen LogP contribution in [0.4, 0.5) is 0 Å². The topological polar surface area (TPSA) is 44.1 Å². The third-order valence-electron chi connectivity index (χ3n) is 5.17. The van der Waals surface area contributed by atoms with Crippen molar-refractivity contribution < 1.29 is 9.53 Å². The zero-order valence-corrected chi connectivity index (χ0v) is 19.6. The Labute approximate surface area is 201 Å². The van der Waals surface area contributed by atoms with Crippen molar-refractivity contribution in [3.63, 3.8) is 0 Å². The van der Waals surface area contributed by atoms with Gasteiger partial charge in [0.05, 0.1) is 32.9 Å². The fourth-order valence-electron chi connectivity index (χ4n) is 3.47. The smallest absolute Gasteiger partial charge is 0.344 e. The summed E-state index contributed by atoms with van der Waals surface area (Å²) in [6, 6.07) is 21.4. The molecule has 0 aliphatic heterocycles. The predicted octanol–water partition coefficient (Wildman–Crippen LogP) is 7.65. The summed E-state index contributed by atoms with van der Waals surface area (Å²) in [6.07, 6.45) is 0. The van der Waals surface area contributed by atoms with Gasteiger partial charge in [0.25, 0.3) is 0 Å². The van der Waals surface area contributed by atoms with E-state index in [1.807, 2.05) is 50.2 Å². The minimum Gasteiger partial charge on any atom is -0.403 e. The molecule has 0 saturated heterocycles. The standard InChI is InChI=1S/C25H19Cl3N2O2/c1-15-23(17-6-4-3-5-7-17)24(32-25(31)18-8-11-20(26)12-9-18)30(29-15)16(2)19-10-13-21(27)22(28)14-19/h3-14,16H,1-2H3. The molecule has 1 atom stereocenters. The molecule has 4 rings (SSSR count). The Morgan fingerprint density at radius 3 is 2.28 bits per heavy atom. The monoisotopic (exact) mass is 484 g/mol. The molecule has 0 amide bonds. The van der Waals surface area contributed by atoms with Gasteiger partial charge in [0.1, 0.15) is 0 Å². The molecule has 0 bridgehead atoms. The van der Waals surface area contributed by atoms with Crippen LogP contribution in [0, 0.1) is 6.92 Å². The fourth-order valence-corrected chi connectivity index (χ4v) is 3.90. The van der Waals surface area contributed by atoms with E-state index in [4.69, 9.17) is 44.6 Å². The third kappa shape index (κ3) is 4.53. The average molecular weight is 486 g/mol. The van der Waals surface area contributed by atoms with Crippen LogP contribution in [-0.4, -0.2) is 15.7 Å². The molecule has 7 heteroatoms. The number of aromatic nitrogens is 2. The van der Waals surface area contributed by atoms with E-state index in [0.717, 1.165) is 22.4 Å². The van der Waals surface area contributed by atoms with Crippen LogP contribution in [0.1, 0.15) is 34.6 Å². The predicted molar refractivity (Wildman–Crippen MR) is 129 cm³/mol. The molecule has 0 aliphatic rings. The summed E-state index contributed by atoms with van der Waals surface area (Å²) in [4.78, 5) is 13.0. The van der Waals surface area contributed by atoms with Crippen molar-refractivity contribution in [1.82, 2.24) is 9.78 Å². The normalized spacial score (nSPS) is 11.9. The lowest BCUT2D eigenvalue weighted by molar-refractivity contribution is 0.0717. The Balaban J connectivity index is 1.82. The number of carbonyl (C=O) groups is 1. The SMILES string of the molecule is Cc1nn(C(C)c2ccc(Cl)c(Cl)c2)c(OC(=O)c2ccc(Cl)cc2)c1-c1ccccc1. The number of nitrogens with zero attached hydrogens (tertiary/aromatic N) is 2. The highest BCUT2D eigenvalue weighted by Crippen LogP contribution is 2.38. The van der Waals surface area contributed by atoms with Crippen LogP contribution < -0.4 is 4.74 Å². The van der Waals surface area contributed by atoms with Gasteiger partial charge in [-0.25, -0.2) is 9.48 Å². The molecule has 0 fully saturated rings. The molecular formula is C25H19Cl3N2O2. The number of ether oxygens (including phenoxy) is 1. The Kier molecular flexibility index (Phi) is 6.56. The number of esters is 1. The van der Waals surface area contributed by atoms with Crippen molar-refractivity contribution in [2.45, 2.75) is 19.9 Å². The van der Waals surface area contributed by atoms with Gasteiger partial charge in [-0.15, -0.1) is 0 Å². The van der Waals surface area contributed by atoms with E-state index in [2.05, 4.69) is 0 Å². The molecule has 0 aliphatic carbocycles. The lowest BCUT2D eigenvalue weighted by Gasteiger charge is -2.17. The van der Waals surface area contributed by atoms with Crippen LogP contribution in [0.3, 0.4) is 0 Å². The molecule has 0 N–H and O–H groups in total. The lowest BCUT2D eigenvalue weighted by atomic mass is 10.1. The van der Waals surface area contributed by atoms with Gasteiger partial charge in [-0.2, -0.15) is 5.10 Å². The number of benzene rings is 3. The number of carbonyl (C=O) groups excluding carboxylic acids is 1. The zero-order chi connectivity index (χ0) is 22.8. The van der Waals surface area contributed by atoms with Gasteiger partial charge in [0, 0.05) is 5.02 Å². The van der Waals surface area contributed by atoms with Gasteiger partial charge in [-0.1, -0.05) is 71.2 Å². The molecular weight excluding hydrogens is 467 g/mol. The van der Waals surface area contributed by atoms with Crippen LogP contribution >= 0.6 is 34.8 Å². The number of halogens is 3. The van der Waals surface area contributed by atoms with E-state index in [0.29, 0.717) is 26.5 Å². The van der Waals surface area contributed by atoms with Crippen LogP contribution in [0.5, 0.6) is 5.88 Å². The van der Waals surface area contributed by atoms with E-state index in [1.165, 1.54) is 0 Å². The number of hydrogen-bond donors (Lipinski definition) is 0. The maximum absolute atomic E-state index is 13.0. The van der Waals surface area contributed by atoms with Gasteiger partial charge in [0.2, 0.25) is 5.88 Å². The number of aryl methyl sites for hydroxylation is 1. The van der Waals surface area contributed by atoms with E-state index in [-0.39, 0.29) is 6.04 Å². The molecule has 4 nitrogen and oxygen atoms in total. The van der Waals surface area contributed by atoms with Gasteiger partial charge < -0.3 is 4.74 Å². The first-order valence-corrected chi connectivity index (χ1v) is 11.1. The summed E-state index contributed by atoms with van der Waals surface area (Å²) in [7, 11) is 0. The second kappa shape index (κ2) is 9.37. The fraction of sp³-hybridized carbons (Fsp3) is 0.120. The lowest BCUT2D eigenvalue weighted by Crippen LogP contribution is -2.16. The van der Waals surface area contributed by atoms with Crippen molar-refractivity contribution in [2.24, 2.45) is 0 Å². The highest BCUT2D eigenvalue weighted by molar-refractivity contribution is 6.42. The zero-order valence-electron chi connectivity index (χ0n) is 17.4. The second-order valence-electron chi connectivity index (χ2n) is 7.32. The van der Waals surface area contributed by atoms with E-state index < -0.39 is 5.97 Å². The van der Waals surface area contributed by atoms with Crippen molar-refractivity contribution in [3.05, 3.63) is 105 Å². The highest BCUT2D eigenvalue weighted by Gasteiger charge is 2.25. The molecule has 1 unspecified atom stereocenters.